The van der Waals surface area contributed by atoms with E-state index in [1.54, 1.807) is 0 Å². The van der Waals surface area contributed by atoms with Crippen LogP contribution < -0.4 is 0 Å². The summed E-state index contributed by atoms with van der Waals surface area (Å²) in [5, 5.41) is 7.09. The summed E-state index contributed by atoms with van der Waals surface area (Å²) in [6, 6.07) is 0. The molecule has 0 fully saturated rings. The normalized spacial score (nSPS) is 10.4. The van der Waals surface area contributed by atoms with Crippen molar-refractivity contribution in [3.63, 3.8) is 0 Å². The summed E-state index contributed by atoms with van der Waals surface area (Å²) >= 11 is 5.32. The molecule has 0 aliphatic rings. The van der Waals surface area contributed by atoms with Crippen LogP contribution in [0.25, 0.3) is 0 Å². The molecule has 0 heterocycles. The van der Waals surface area contributed by atoms with Gasteiger partial charge in [-0.1, -0.05) is 6.58 Å². The summed E-state index contributed by atoms with van der Waals surface area (Å²) < 4.78 is 28.4. The summed E-state index contributed by atoms with van der Waals surface area (Å²) in [5.74, 6) is -0.524. The van der Waals surface area contributed by atoms with Crippen LogP contribution in [0, 0.1) is 5.41 Å². The van der Waals surface area contributed by atoms with Crippen LogP contribution in [-0.4, -0.2) is 55.6 Å². The van der Waals surface area contributed by atoms with Crippen molar-refractivity contribution in [3.8, 4) is 0 Å². The second-order valence-corrected chi connectivity index (χ2v) is 5.72. The monoisotopic (exact) mass is 281 g/mol. The first-order valence-electron chi connectivity index (χ1n) is 4.68. The smallest absolute Gasteiger partial charge is 0.419 e. The number of ether oxygens (including phenoxy) is 1. The highest BCUT2D eigenvalue weighted by Crippen LogP contribution is 1.93. The van der Waals surface area contributed by atoms with E-state index in [2.05, 4.69) is 6.58 Å². The largest absolute Gasteiger partial charge is 0.427 e. The summed E-state index contributed by atoms with van der Waals surface area (Å²) in [5.41, 5.74) is 0. The zero-order valence-electron chi connectivity index (χ0n) is 9.19. The van der Waals surface area contributed by atoms with Crippen LogP contribution in [0.15, 0.2) is 12.7 Å². The second-order valence-electron chi connectivity index (χ2n) is 3.04. The number of hydrogen-bond donors (Lipinski definition) is 1. The molecule has 17 heavy (non-hydrogen) atoms. The molecule has 0 aliphatic carbocycles. The molecule has 0 bridgehead atoms. The molecule has 0 spiro atoms. The van der Waals surface area contributed by atoms with Gasteiger partial charge in [-0.3, -0.25) is 5.41 Å². The number of sulfone groups is 1. The maximum Gasteiger partial charge on any atom is 0.427 e. The van der Waals surface area contributed by atoms with Crippen LogP contribution in [0.1, 0.15) is 0 Å². The van der Waals surface area contributed by atoms with Crippen molar-refractivity contribution in [1.29, 1.82) is 5.41 Å². The summed E-state index contributed by atoms with van der Waals surface area (Å²) in [6.45, 7) is 3.02. The van der Waals surface area contributed by atoms with Gasteiger partial charge in [-0.15, -0.1) is 16.2 Å². The van der Waals surface area contributed by atoms with Crippen molar-refractivity contribution < 1.29 is 22.5 Å². The van der Waals surface area contributed by atoms with Gasteiger partial charge in [-0.2, -0.15) is 4.79 Å². The molecule has 0 aliphatic heterocycles. The zero-order chi connectivity index (χ0) is 13.3. The van der Waals surface area contributed by atoms with E-state index in [0.29, 0.717) is 0 Å². The maximum absolute atomic E-state index is 11.3. The molecule has 6 nitrogen and oxygen atoms in total. The molecule has 1 N–H and O–H groups in total. The number of isocyanates is 1. The molecule has 0 unspecified atom stereocenters. The molecule has 0 saturated carbocycles. The molecule has 0 aromatic carbocycles. The highest BCUT2D eigenvalue weighted by atomic mass is 35.5. The van der Waals surface area contributed by atoms with Gasteiger partial charge in [0.05, 0.1) is 5.75 Å². The van der Waals surface area contributed by atoms with Crippen LogP contribution in [0.5, 0.6) is 0 Å². The van der Waals surface area contributed by atoms with Crippen LogP contribution in [0.3, 0.4) is 0 Å². The first kappa shape index (κ1) is 15.8. The Labute approximate surface area is 105 Å². The highest BCUT2D eigenvalue weighted by Gasteiger charge is 2.15. The van der Waals surface area contributed by atoms with E-state index in [4.69, 9.17) is 21.7 Å². The number of nitrogens with zero attached hydrogens (tertiary/aromatic N) is 1. The number of carbonyl (C=O) groups excluding carboxylic acids is 1. The Balaban J connectivity index is 4.22. The number of alkyl halides is 1. The average Bonchev–Trinajstić information content (AvgIpc) is 2.28. The Kier molecular flexibility index (Phi) is 7.45. The quantitative estimate of drug-likeness (QED) is 0.171. The average molecular weight is 282 g/mol. The number of halogens is 1. The van der Waals surface area contributed by atoms with Crippen molar-refractivity contribution in [3.05, 3.63) is 12.7 Å². The summed E-state index contributed by atoms with van der Waals surface area (Å²) in [7, 11) is -3.26. The van der Waals surface area contributed by atoms with Crippen molar-refractivity contribution in [2.24, 2.45) is 0 Å². The first-order chi connectivity index (χ1) is 7.95. The van der Waals surface area contributed by atoms with Gasteiger partial charge in [-0.05, 0) is 6.08 Å². The molecule has 0 saturated heterocycles. The molecule has 0 aromatic rings. The Morgan fingerprint density at radius 3 is 2.65 bits per heavy atom. The Morgan fingerprint density at radius 2 is 2.18 bits per heavy atom. The molecule has 0 atom stereocenters. The molecule has 0 amide bonds. The van der Waals surface area contributed by atoms with E-state index in [-0.39, 0.29) is 36.6 Å². The van der Waals surface area contributed by atoms with E-state index in [1.807, 2.05) is 0 Å². The fourth-order valence-electron chi connectivity index (χ4n) is 0.812. The van der Waals surface area contributed by atoms with Gasteiger partial charge in [0.2, 0.25) is 5.90 Å². The van der Waals surface area contributed by atoms with Crippen LogP contribution in [0.2, 0.25) is 0 Å². The van der Waals surface area contributed by atoms with Crippen molar-refractivity contribution in [2.75, 3.05) is 30.7 Å². The molecule has 0 aromatic heterocycles. The molecule has 0 rings (SSSR count). The lowest BCUT2D eigenvalue weighted by atomic mass is 10.6. The summed E-state index contributed by atoms with van der Waals surface area (Å²) in [6.07, 6.45) is 2.69. The van der Waals surface area contributed by atoms with E-state index in [1.165, 1.54) is 6.08 Å². The fraction of sp³-hybridized carbons (Fsp3) is 0.556. The summed E-state index contributed by atoms with van der Waals surface area (Å²) in [4.78, 5) is 10.5. The number of hydrogen-bond acceptors (Lipinski definition) is 5. The van der Waals surface area contributed by atoms with Crippen LogP contribution in [-0.2, 0) is 19.4 Å². The SMILES string of the molecule is C=CC(=N)OC[N+](=C=O)CCS(=O)(=O)CCCl. The predicted molar refractivity (Wildman–Crippen MR) is 64.1 cm³/mol. The van der Waals surface area contributed by atoms with Gasteiger partial charge in [0, 0.05) is 5.88 Å². The van der Waals surface area contributed by atoms with Gasteiger partial charge in [0.15, 0.2) is 16.4 Å². The number of rotatable bonds is 8. The fourth-order valence-corrected chi connectivity index (χ4v) is 2.45. The van der Waals surface area contributed by atoms with Gasteiger partial charge in [0.25, 0.3) is 6.73 Å². The lowest BCUT2D eigenvalue weighted by Gasteiger charge is -2.02. The molecule has 96 valence electrons. The standard InChI is InChI=1S/C9H14ClN2O4S/c1-2-9(11)16-8-12(7-13)4-6-17(14,15)5-3-10/h2,11H,1,3-6,8H2/q+1. The third kappa shape index (κ3) is 7.68. The minimum Gasteiger partial charge on any atom is -0.419 e. The molecular formula is C9H14ClN2O4S+. The van der Waals surface area contributed by atoms with Gasteiger partial charge in [-0.25, -0.2) is 8.42 Å². The predicted octanol–water partition coefficient (Wildman–Crippen LogP) is 0.126. The zero-order valence-corrected chi connectivity index (χ0v) is 10.8. The third-order valence-corrected chi connectivity index (χ3v) is 3.79. The Bertz CT molecular complexity index is 426. The van der Waals surface area contributed by atoms with Crippen molar-refractivity contribution in [2.45, 2.75) is 0 Å². The van der Waals surface area contributed by atoms with E-state index in [9.17, 15) is 13.2 Å². The second kappa shape index (κ2) is 8.00. The molecular weight excluding hydrogens is 268 g/mol. The molecule has 8 heteroatoms. The lowest BCUT2D eigenvalue weighted by molar-refractivity contribution is -0.553. The van der Waals surface area contributed by atoms with E-state index in [0.717, 1.165) is 10.7 Å². The van der Waals surface area contributed by atoms with E-state index < -0.39 is 9.84 Å². The van der Waals surface area contributed by atoms with Crippen LogP contribution in [0.4, 0.5) is 0 Å². The molecule has 0 radical (unpaired) electrons. The lowest BCUT2D eigenvalue weighted by Crippen LogP contribution is -2.25. The third-order valence-electron chi connectivity index (χ3n) is 1.75. The Hall–Kier alpha value is -1.17. The minimum atomic E-state index is -3.26. The van der Waals surface area contributed by atoms with Crippen molar-refractivity contribution >= 4 is 33.4 Å². The van der Waals surface area contributed by atoms with Gasteiger partial charge < -0.3 is 4.74 Å². The van der Waals surface area contributed by atoms with Crippen LogP contribution >= 0.6 is 11.6 Å². The minimum absolute atomic E-state index is 0.0186. The van der Waals surface area contributed by atoms with Gasteiger partial charge in [0.1, 0.15) is 5.75 Å². The highest BCUT2D eigenvalue weighted by molar-refractivity contribution is 7.91. The van der Waals surface area contributed by atoms with Gasteiger partial charge >= 0.3 is 6.08 Å². The Morgan fingerprint density at radius 1 is 1.53 bits per heavy atom. The van der Waals surface area contributed by atoms with E-state index >= 15 is 0 Å². The first-order valence-corrected chi connectivity index (χ1v) is 7.03. The maximum atomic E-state index is 11.3. The number of nitrogens with one attached hydrogen (secondary N) is 1. The topological polar surface area (TPSA) is 87.3 Å². The van der Waals surface area contributed by atoms with Crippen molar-refractivity contribution in [1.82, 2.24) is 0 Å².